The predicted octanol–water partition coefficient (Wildman–Crippen LogP) is 4.26. The molecule has 4 aromatic rings. The van der Waals surface area contributed by atoms with Crippen molar-refractivity contribution in [2.75, 3.05) is 7.11 Å². The SMILES string of the molecule is COc1cc(Cc2nc3nc(C(F)(F)F)cc(C(F)(F)F)n3n2)ccc1-n1cnc(C)c1. The van der Waals surface area contributed by atoms with E-state index in [1.807, 2.05) is 6.92 Å². The minimum atomic E-state index is -5.08. The third-order valence-electron chi connectivity index (χ3n) is 4.53. The van der Waals surface area contributed by atoms with Gasteiger partial charge in [0.15, 0.2) is 17.2 Å². The molecule has 3 heterocycles. The van der Waals surface area contributed by atoms with Crippen LogP contribution in [0.2, 0.25) is 0 Å². The number of hydrogen-bond donors (Lipinski definition) is 0. The Balaban J connectivity index is 1.73. The molecule has 13 heteroatoms. The topological polar surface area (TPSA) is 70.1 Å². The van der Waals surface area contributed by atoms with Crippen molar-refractivity contribution >= 4 is 5.78 Å². The first-order valence-electron chi connectivity index (χ1n) is 9.04. The number of ether oxygens (including phenoxy) is 1. The van der Waals surface area contributed by atoms with E-state index in [1.54, 1.807) is 35.3 Å². The monoisotopic (exact) mass is 456 g/mol. The van der Waals surface area contributed by atoms with E-state index in [1.165, 1.54) is 7.11 Å². The fraction of sp³-hybridized carbons (Fsp3) is 0.263. The molecule has 0 fully saturated rings. The van der Waals surface area contributed by atoms with E-state index in [9.17, 15) is 26.3 Å². The number of benzene rings is 1. The van der Waals surface area contributed by atoms with Crippen molar-refractivity contribution in [3.63, 3.8) is 0 Å². The normalized spacial score (nSPS) is 12.5. The summed E-state index contributed by atoms with van der Waals surface area (Å²) in [5.41, 5.74) is -1.27. The third-order valence-corrected chi connectivity index (χ3v) is 4.53. The lowest BCUT2D eigenvalue weighted by Gasteiger charge is -2.11. The summed E-state index contributed by atoms with van der Waals surface area (Å²) in [5.74, 6) is -0.465. The van der Waals surface area contributed by atoms with Crippen LogP contribution < -0.4 is 4.74 Å². The molecule has 0 N–H and O–H groups in total. The van der Waals surface area contributed by atoms with E-state index in [2.05, 4.69) is 20.1 Å². The molecule has 0 aliphatic heterocycles. The number of aromatic nitrogens is 6. The number of hydrogen-bond acceptors (Lipinski definition) is 5. The first-order chi connectivity index (χ1) is 15.0. The molecule has 3 aromatic heterocycles. The second kappa shape index (κ2) is 7.50. The summed E-state index contributed by atoms with van der Waals surface area (Å²) < 4.78 is 86.3. The lowest BCUT2D eigenvalue weighted by Crippen LogP contribution is -2.18. The smallest absolute Gasteiger partial charge is 0.433 e. The van der Waals surface area contributed by atoms with Gasteiger partial charge >= 0.3 is 12.4 Å². The van der Waals surface area contributed by atoms with Gasteiger partial charge in [0.05, 0.1) is 24.8 Å². The maximum absolute atomic E-state index is 13.3. The number of nitrogens with zero attached hydrogens (tertiary/aromatic N) is 6. The quantitative estimate of drug-likeness (QED) is 0.430. The van der Waals surface area contributed by atoms with Crippen LogP contribution in [0.5, 0.6) is 5.75 Å². The molecule has 0 spiro atoms. The number of halogens is 6. The standard InChI is InChI=1S/C19H14F6N6O/c1-10-8-30(9-26-10)12-4-3-11(5-13(12)32-2)6-16-28-17-27-14(18(20,21)22)7-15(19(23,24)25)31(17)29-16/h3-5,7-9H,6H2,1-2H3. The van der Waals surface area contributed by atoms with Crippen LogP contribution in [0.25, 0.3) is 11.5 Å². The van der Waals surface area contributed by atoms with E-state index in [4.69, 9.17) is 4.74 Å². The predicted molar refractivity (Wildman–Crippen MR) is 98.4 cm³/mol. The van der Waals surface area contributed by atoms with Gasteiger partial charge in [-0.2, -0.15) is 35.8 Å². The molecule has 7 nitrogen and oxygen atoms in total. The van der Waals surface area contributed by atoms with Crippen molar-refractivity contribution in [2.45, 2.75) is 25.7 Å². The molecule has 0 unspecified atom stereocenters. The third kappa shape index (κ3) is 4.09. The highest BCUT2D eigenvalue weighted by molar-refractivity contribution is 5.49. The van der Waals surface area contributed by atoms with Crippen molar-refractivity contribution in [3.05, 3.63) is 65.3 Å². The Bertz CT molecular complexity index is 1290. The summed E-state index contributed by atoms with van der Waals surface area (Å²) in [4.78, 5) is 11.1. The average Bonchev–Trinajstić information content (AvgIpc) is 3.31. The van der Waals surface area contributed by atoms with E-state index < -0.39 is 29.5 Å². The van der Waals surface area contributed by atoms with Crippen LogP contribution in [0.15, 0.2) is 36.8 Å². The Morgan fingerprint density at radius 2 is 1.75 bits per heavy atom. The summed E-state index contributed by atoms with van der Waals surface area (Å²) >= 11 is 0. The lowest BCUT2D eigenvalue weighted by molar-refractivity contribution is -0.148. The van der Waals surface area contributed by atoms with Gasteiger partial charge in [0.2, 0.25) is 0 Å². The molecule has 0 bridgehead atoms. The first kappa shape index (κ1) is 21.6. The fourth-order valence-electron chi connectivity index (χ4n) is 3.11. The first-order valence-corrected chi connectivity index (χ1v) is 9.04. The Morgan fingerprint density at radius 1 is 1.00 bits per heavy atom. The molecule has 0 aliphatic rings. The Kier molecular flexibility index (Phi) is 5.06. The lowest BCUT2D eigenvalue weighted by atomic mass is 10.1. The van der Waals surface area contributed by atoms with Crippen LogP contribution in [0, 0.1) is 6.92 Å². The number of fused-ring (bicyclic) bond motifs is 1. The van der Waals surface area contributed by atoms with Gasteiger partial charge in [0.1, 0.15) is 5.75 Å². The van der Waals surface area contributed by atoms with Crippen LogP contribution in [-0.4, -0.2) is 36.2 Å². The number of rotatable bonds is 4. The maximum atomic E-state index is 13.3. The van der Waals surface area contributed by atoms with Crippen molar-refractivity contribution in [1.82, 2.24) is 29.1 Å². The number of alkyl halides is 6. The summed E-state index contributed by atoms with van der Waals surface area (Å²) in [6.07, 6.45) is -6.83. The number of aryl methyl sites for hydroxylation is 1. The van der Waals surface area contributed by atoms with Gasteiger partial charge in [-0.1, -0.05) is 6.07 Å². The van der Waals surface area contributed by atoms with Gasteiger partial charge in [-0.05, 0) is 30.7 Å². The Hall–Kier alpha value is -3.64. The minimum absolute atomic E-state index is 0.0540. The van der Waals surface area contributed by atoms with Crippen molar-refractivity contribution < 1.29 is 31.1 Å². The minimum Gasteiger partial charge on any atom is -0.495 e. The summed E-state index contributed by atoms with van der Waals surface area (Å²) in [6, 6.07) is 4.94. The molecule has 168 valence electrons. The van der Waals surface area contributed by atoms with Crippen molar-refractivity contribution in [2.24, 2.45) is 0 Å². The second-order valence-electron chi connectivity index (χ2n) is 6.87. The molecule has 1 aromatic carbocycles. The molecule has 0 amide bonds. The maximum Gasteiger partial charge on any atom is 0.433 e. The summed E-state index contributed by atoms with van der Waals surface area (Å²) in [7, 11) is 1.45. The van der Waals surface area contributed by atoms with E-state index in [0.29, 0.717) is 17.0 Å². The van der Waals surface area contributed by atoms with Crippen molar-refractivity contribution in [1.29, 1.82) is 0 Å². The van der Waals surface area contributed by atoms with E-state index >= 15 is 0 Å². The Morgan fingerprint density at radius 3 is 2.34 bits per heavy atom. The fourth-order valence-corrected chi connectivity index (χ4v) is 3.11. The van der Waals surface area contributed by atoms with Gasteiger partial charge in [-0.3, -0.25) is 0 Å². The second-order valence-corrected chi connectivity index (χ2v) is 6.87. The van der Waals surface area contributed by atoms with Gasteiger partial charge < -0.3 is 9.30 Å². The molecule has 32 heavy (non-hydrogen) atoms. The zero-order valence-corrected chi connectivity index (χ0v) is 16.5. The van der Waals surface area contributed by atoms with Crippen LogP contribution >= 0.6 is 0 Å². The Labute approximate surface area is 176 Å². The van der Waals surface area contributed by atoms with Gasteiger partial charge in [-0.15, -0.1) is 5.10 Å². The van der Waals surface area contributed by atoms with Crippen LogP contribution in [0.3, 0.4) is 0 Å². The van der Waals surface area contributed by atoms with Crippen LogP contribution in [0.4, 0.5) is 26.3 Å². The highest BCUT2D eigenvalue weighted by atomic mass is 19.4. The average molecular weight is 456 g/mol. The highest BCUT2D eigenvalue weighted by Gasteiger charge is 2.40. The van der Waals surface area contributed by atoms with E-state index in [-0.39, 0.29) is 22.8 Å². The molecule has 0 saturated heterocycles. The zero-order valence-electron chi connectivity index (χ0n) is 16.5. The molecule has 0 aliphatic carbocycles. The summed E-state index contributed by atoms with van der Waals surface area (Å²) in [5, 5.41) is 3.74. The highest BCUT2D eigenvalue weighted by Crippen LogP contribution is 2.34. The molecular weight excluding hydrogens is 442 g/mol. The van der Waals surface area contributed by atoms with Crippen LogP contribution in [-0.2, 0) is 18.8 Å². The van der Waals surface area contributed by atoms with E-state index in [0.717, 1.165) is 5.69 Å². The van der Waals surface area contributed by atoms with Crippen molar-refractivity contribution in [3.8, 4) is 11.4 Å². The van der Waals surface area contributed by atoms with Gasteiger partial charge in [0, 0.05) is 12.6 Å². The van der Waals surface area contributed by atoms with Gasteiger partial charge in [0.25, 0.3) is 5.78 Å². The molecule has 0 atom stereocenters. The largest absolute Gasteiger partial charge is 0.495 e. The zero-order chi connectivity index (χ0) is 23.3. The summed E-state index contributed by atoms with van der Waals surface area (Å²) in [6.45, 7) is 1.82. The molecule has 4 rings (SSSR count). The molecular formula is C19H14F6N6O. The molecule has 0 radical (unpaired) electrons. The van der Waals surface area contributed by atoms with Gasteiger partial charge in [-0.25, -0.2) is 9.97 Å². The number of imidazole rings is 1. The molecule has 0 saturated carbocycles. The number of methoxy groups -OCH3 is 1. The van der Waals surface area contributed by atoms with Crippen LogP contribution in [0.1, 0.15) is 28.5 Å².